The predicted octanol–water partition coefficient (Wildman–Crippen LogP) is 1.99. The normalized spacial score (nSPS) is 23.2. The molecule has 17 heavy (non-hydrogen) atoms. The standard InChI is InChI=1S/C12H25N3O.HI/c1-9(2)16-7-5-6-14-12(13-4)15-11-8-10(11)3;/h9-11H,5-8H2,1-4H3,(H2,13,14,15);1H. The van der Waals surface area contributed by atoms with Gasteiger partial charge in [0.15, 0.2) is 5.96 Å². The van der Waals surface area contributed by atoms with Crippen LogP contribution in [0.3, 0.4) is 0 Å². The number of halogens is 1. The fraction of sp³-hybridized carbons (Fsp3) is 0.917. The monoisotopic (exact) mass is 355 g/mol. The van der Waals surface area contributed by atoms with Crippen LogP contribution < -0.4 is 10.6 Å². The maximum Gasteiger partial charge on any atom is 0.191 e. The van der Waals surface area contributed by atoms with Gasteiger partial charge >= 0.3 is 0 Å². The van der Waals surface area contributed by atoms with E-state index < -0.39 is 0 Å². The molecule has 0 aromatic heterocycles. The zero-order chi connectivity index (χ0) is 12.0. The Bertz CT molecular complexity index is 234. The molecular weight excluding hydrogens is 329 g/mol. The van der Waals surface area contributed by atoms with Gasteiger partial charge in [-0.25, -0.2) is 0 Å². The van der Waals surface area contributed by atoms with E-state index in [-0.39, 0.29) is 24.0 Å². The molecule has 1 aliphatic carbocycles. The third-order valence-electron chi connectivity index (χ3n) is 2.72. The smallest absolute Gasteiger partial charge is 0.191 e. The lowest BCUT2D eigenvalue weighted by Gasteiger charge is -2.12. The van der Waals surface area contributed by atoms with E-state index in [4.69, 9.17) is 4.74 Å². The van der Waals surface area contributed by atoms with Crippen LogP contribution in [0.5, 0.6) is 0 Å². The first kappa shape index (κ1) is 17.0. The van der Waals surface area contributed by atoms with Crippen LogP contribution in [-0.2, 0) is 4.74 Å². The van der Waals surface area contributed by atoms with E-state index in [0.717, 1.165) is 31.4 Å². The second kappa shape index (κ2) is 8.97. The van der Waals surface area contributed by atoms with E-state index in [1.165, 1.54) is 6.42 Å². The van der Waals surface area contributed by atoms with Crippen molar-refractivity contribution in [1.29, 1.82) is 0 Å². The molecule has 1 rings (SSSR count). The molecule has 1 aliphatic rings. The third kappa shape index (κ3) is 7.81. The minimum absolute atomic E-state index is 0. The summed E-state index contributed by atoms with van der Waals surface area (Å²) in [6.07, 6.45) is 2.60. The van der Waals surface area contributed by atoms with Crippen molar-refractivity contribution in [2.45, 2.75) is 45.8 Å². The molecule has 1 fully saturated rings. The Morgan fingerprint density at radius 2 is 2.12 bits per heavy atom. The fourth-order valence-corrected chi connectivity index (χ4v) is 1.49. The molecule has 2 N–H and O–H groups in total. The van der Waals surface area contributed by atoms with Gasteiger partial charge < -0.3 is 15.4 Å². The number of guanidine groups is 1. The van der Waals surface area contributed by atoms with Crippen LogP contribution in [-0.4, -0.2) is 38.3 Å². The number of ether oxygens (including phenoxy) is 1. The summed E-state index contributed by atoms with van der Waals surface area (Å²) in [5, 5.41) is 6.68. The van der Waals surface area contributed by atoms with Gasteiger partial charge in [-0.05, 0) is 32.6 Å². The van der Waals surface area contributed by atoms with Crippen LogP contribution in [0.1, 0.15) is 33.6 Å². The highest BCUT2D eigenvalue weighted by Crippen LogP contribution is 2.28. The molecule has 0 spiro atoms. The first-order valence-electron chi connectivity index (χ1n) is 6.22. The molecule has 0 aromatic carbocycles. The third-order valence-corrected chi connectivity index (χ3v) is 2.72. The van der Waals surface area contributed by atoms with Crippen LogP contribution >= 0.6 is 24.0 Å². The zero-order valence-corrected chi connectivity index (χ0v) is 13.7. The first-order valence-corrected chi connectivity index (χ1v) is 6.22. The van der Waals surface area contributed by atoms with Gasteiger partial charge in [-0.2, -0.15) is 0 Å². The molecule has 0 saturated heterocycles. The Balaban J connectivity index is 0.00000256. The predicted molar refractivity (Wildman–Crippen MR) is 83.2 cm³/mol. The fourth-order valence-electron chi connectivity index (χ4n) is 1.49. The van der Waals surface area contributed by atoms with Crippen LogP contribution in [0.25, 0.3) is 0 Å². The van der Waals surface area contributed by atoms with Crippen molar-refractivity contribution < 1.29 is 4.74 Å². The summed E-state index contributed by atoms with van der Waals surface area (Å²) >= 11 is 0. The second-order valence-electron chi connectivity index (χ2n) is 4.74. The van der Waals surface area contributed by atoms with Crippen molar-refractivity contribution in [2.24, 2.45) is 10.9 Å². The molecule has 0 radical (unpaired) electrons. The largest absolute Gasteiger partial charge is 0.379 e. The average Bonchev–Trinajstić information content (AvgIpc) is 2.91. The molecule has 1 saturated carbocycles. The summed E-state index contributed by atoms with van der Waals surface area (Å²) in [5.74, 6) is 1.71. The maximum atomic E-state index is 5.47. The van der Waals surface area contributed by atoms with E-state index in [0.29, 0.717) is 12.1 Å². The van der Waals surface area contributed by atoms with E-state index >= 15 is 0 Å². The molecule has 4 nitrogen and oxygen atoms in total. The van der Waals surface area contributed by atoms with Gasteiger partial charge in [-0.3, -0.25) is 4.99 Å². The Labute approximate surface area is 122 Å². The molecule has 2 unspecified atom stereocenters. The van der Waals surface area contributed by atoms with Crippen molar-refractivity contribution in [1.82, 2.24) is 10.6 Å². The number of hydrogen-bond donors (Lipinski definition) is 2. The molecule has 102 valence electrons. The average molecular weight is 355 g/mol. The minimum atomic E-state index is 0. The van der Waals surface area contributed by atoms with Gasteiger partial charge in [0.25, 0.3) is 0 Å². The summed E-state index contributed by atoms with van der Waals surface area (Å²) in [6, 6.07) is 0.623. The van der Waals surface area contributed by atoms with Crippen LogP contribution in [0.4, 0.5) is 0 Å². The van der Waals surface area contributed by atoms with Gasteiger partial charge in [0.1, 0.15) is 0 Å². The summed E-state index contributed by atoms with van der Waals surface area (Å²) in [6.45, 7) is 8.08. The van der Waals surface area contributed by atoms with Crippen molar-refractivity contribution >= 4 is 29.9 Å². The quantitative estimate of drug-likeness (QED) is 0.332. The lowest BCUT2D eigenvalue weighted by Crippen LogP contribution is -2.39. The maximum absolute atomic E-state index is 5.47. The Kier molecular flexibility index (Phi) is 8.94. The van der Waals surface area contributed by atoms with Crippen molar-refractivity contribution in [3.8, 4) is 0 Å². The summed E-state index contributed by atoms with van der Waals surface area (Å²) < 4.78 is 5.47. The second-order valence-corrected chi connectivity index (χ2v) is 4.74. The molecular formula is C12H26IN3O. The van der Waals surface area contributed by atoms with Crippen LogP contribution in [0.2, 0.25) is 0 Å². The Morgan fingerprint density at radius 1 is 1.47 bits per heavy atom. The van der Waals surface area contributed by atoms with Gasteiger partial charge in [0.2, 0.25) is 0 Å². The topological polar surface area (TPSA) is 45.7 Å². The Morgan fingerprint density at radius 3 is 2.59 bits per heavy atom. The molecule has 0 aromatic rings. The van der Waals surface area contributed by atoms with Crippen molar-refractivity contribution in [3.63, 3.8) is 0 Å². The van der Waals surface area contributed by atoms with Crippen molar-refractivity contribution in [2.75, 3.05) is 20.2 Å². The van der Waals surface area contributed by atoms with E-state index in [9.17, 15) is 0 Å². The number of nitrogens with zero attached hydrogens (tertiary/aromatic N) is 1. The molecule has 0 heterocycles. The van der Waals surface area contributed by atoms with E-state index in [1.807, 2.05) is 7.05 Å². The number of rotatable bonds is 6. The minimum Gasteiger partial charge on any atom is -0.379 e. The lowest BCUT2D eigenvalue weighted by atomic mass is 10.4. The van der Waals surface area contributed by atoms with E-state index in [2.05, 4.69) is 36.4 Å². The van der Waals surface area contributed by atoms with Crippen LogP contribution in [0.15, 0.2) is 4.99 Å². The molecule has 2 atom stereocenters. The van der Waals surface area contributed by atoms with E-state index in [1.54, 1.807) is 0 Å². The van der Waals surface area contributed by atoms with Gasteiger partial charge in [0.05, 0.1) is 6.10 Å². The molecule has 0 amide bonds. The van der Waals surface area contributed by atoms with Gasteiger partial charge in [-0.15, -0.1) is 24.0 Å². The number of nitrogens with one attached hydrogen (secondary N) is 2. The zero-order valence-electron chi connectivity index (χ0n) is 11.3. The first-order chi connectivity index (χ1) is 7.63. The highest BCUT2D eigenvalue weighted by molar-refractivity contribution is 14.0. The number of hydrogen-bond acceptors (Lipinski definition) is 2. The van der Waals surface area contributed by atoms with Gasteiger partial charge in [-0.1, -0.05) is 6.92 Å². The number of aliphatic imine (C=N–C) groups is 1. The highest BCUT2D eigenvalue weighted by atomic mass is 127. The van der Waals surface area contributed by atoms with Gasteiger partial charge in [0, 0.05) is 26.2 Å². The molecule has 0 bridgehead atoms. The summed E-state index contributed by atoms with van der Waals surface area (Å²) in [7, 11) is 1.81. The Hall–Kier alpha value is -0.0400. The molecule has 5 heteroatoms. The lowest BCUT2D eigenvalue weighted by molar-refractivity contribution is 0.0776. The summed E-state index contributed by atoms with van der Waals surface area (Å²) in [5.41, 5.74) is 0. The highest BCUT2D eigenvalue weighted by Gasteiger charge is 2.32. The van der Waals surface area contributed by atoms with Crippen molar-refractivity contribution in [3.05, 3.63) is 0 Å². The molecule has 0 aliphatic heterocycles. The SMILES string of the molecule is CN=C(NCCCOC(C)C)NC1CC1C.I. The van der Waals surface area contributed by atoms with Crippen LogP contribution in [0, 0.1) is 5.92 Å². The summed E-state index contributed by atoms with van der Waals surface area (Å²) in [4.78, 5) is 4.19.